The van der Waals surface area contributed by atoms with Crippen LogP contribution in [0.1, 0.15) is 45.2 Å². The molecule has 2 rings (SSSR count). The number of hydrogen-bond acceptors (Lipinski definition) is 3. The SMILES string of the molecule is CCCNC1CCCC1CN(CC)Cc1ccccn1. The van der Waals surface area contributed by atoms with Crippen LogP contribution in [0.5, 0.6) is 0 Å². The summed E-state index contributed by atoms with van der Waals surface area (Å²) in [5, 5.41) is 3.73. The Labute approximate surface area is 123 Å². The van der Waals surface area contributed by atoms with Gasteiger partial charge in [-0.25, -0.2) is 0 Å². The van der Waals surface area contributed by atoms with Crippen molar-refractivity contribution in [3.05, 3.63) is 30.1 Å². The van der Waals surface area contributed by atoms with Gasteiger partial charge in [0.1, 0.15) is 0 Å². The van der Waals surface area contributed by atoms with Crippen molar-refractivity contribution in [2.45, 2.75) is 52.1 Å². The second kappa shape index (κ2) is 8.38. The van der Waals surface area contributed by atoms with E-state index in [1.165, 1.54) is 37.9 Å². The Kier molecular flexibility index (Phi) is 6.48. The first-order valence-corrected chi connectivity index (χ1v) is 8.19. The quantitative estimate of drug-likeness (QED) is 0.790. The van der Waals surface area contributed by atoms with Crippen LogP contribution in [-0.4, -0.2) is 35.6 Å². The first kappa shape index (κ1) is 15.5. The fourth-order valence-corrected chi connectivity index (χ4v) is 3.21. The topological polar surface area (TPSA) is 28.2 Å². The molecular weight excluding hydrogens is 246 g/mol. The number of pyridine rings is 1. The molecule has 1 saturated carbocycles. The Morgan fingerprint density at radius 2 is 2.20 bits per heavy atom. The summed E-state index contributed by atoms with van der Waals surface area (Å²) in [7, 11) is 0. The molecule has 1 heterocycles. The molecule has 0 aliphatic heterocycles. The van der Waals surface area contributed by atoms with Crippen molar-refractivity contribution in [2.75, 3.05) is 19.6 Å². The van der Waals surface area contributed by atoms with Crippen LogP contribution in [0.4, 0.5) is 0 Å². The average molecular weight is 275 g/mol. The molecule has 20 heavy (non-hydrogen) atoms. The van der Waals surface area contributed by atoms with Crippen LogP contribution in [-0.2, 0) is 6.54 Å². The van der Waals surface area contributed by atoms with E-state index in [0.29, 0.717) is 0 Å². The van der Waals surface area contributed by atoms with Gasteiger partial charge in [0, 0.05) is 25.3 Å². The van der Waals surface area contributed by atoms with Crippen molar-refractivity contribution in [2.24, 2.45) is 5.92 Å². The monoisotopic (exact) mass is 275 g/mol. The van der Waals surface area contributed by atoms with Crippen LogP contribution in [0.2, 0.25) is 0 Å². The number of rotatable bonds is 8. The first-order chi connectivity index (χ1) is 9.83. The Balaban J connectivity index is 1.85. The standard InChI is InChI=1S/C17H29N3/c1-3-11-19-17-10-7-8-15(17)13-20(4-2)14-16-9-5-6-12-18-16/h5-6,9,12,15,17,19H,3-4,7-8,10-11,13-14H2,1-2H3. The highest BCUT2D eigenvalue weighted by Gasteiger charge is 2.27. The van der Waals surface area contributed by atoms with E-state index in [1.807, 2.05) is 12.3 Å². The van der Waals surface area contributed by atoms with Gasteiger partial charge in [0.15, 0.2) is 0 Å². The minimum absolute atomic E-state index is 0.729. The van der Waals surface area contributed by atoms with E-state index in [1.54, 1.807) is 0 Å². The lowest BCUT2D eigenvalue weighted by Gasteiger charge is -2.28. The van der Waals surface area contributed by atoms with Crippen LogP contribution in [0.25, 0.3) is 0 Å². The maximum Gasteiger partial charge on any atom is 0.0543 e. The van der Waals surface area contributed by atoms with Crippen molar-refractivity contribution in [3.63, 3.8) is 0 Å². The van der Waals surface area contributed by atoms with Gasteiger partial charge in [-0.05, 0) is 50.4 Å². The molecule has 112 valence electrons. The van der Waals surface area contributed by atoms with E-state index in [9.17, 15) is 0 Å². The Morgan fingerprint density at radius 3 is 2.90 bits per heavy atom. The minimum Gasteiger partial charge on any atom is -0.314 e. The third-order valence-corrected chi connectivity index (χ3v) is 4.37. The summed E-state index contributed by atoms with van der Waals surface area (Å²) >= 11 is 0. The predicted molar refractivity (Wildman–Crippen MR) is 84.6 cm³/mol. The van der Waals surface area contributed by atoms with E-state index >= 15 is 0 Å². The van der Waals surface area contributed by atoms with Gasteiger partial charge in [-0.2, -0.15) is 0 Å². The maximum atomic E-state index is 4.45. The molecule has 1 aliphatic rings. The summed E-state index contributed by atoms with van der Waals surface area (Å²) in [6.45, 7) is 8.95. The summed E-state index contributed by atoms with van der Waals surface area (Å²) in [6, 6.07) is 6.93. The first-order valence-electron chi connectivity index (χ1n) is 8.19. The lowest BCUT2D eigenvalue weighted by Crippen LogP contribution is -2.39. The Morgan fingerprint density at radius 1 is 1.30 bits per heavy atom. The molecule has 0 aromatic carbocycles. The van der Waals surface area contributed by atoms with Gasteiger partial charge in [0.25, 0.3) is 0 Å². The summed E-state index contributed by atoms with van der Waals surface area (Å²) in [5.41, 5.74) is 1.19. The Bertz CT molecular complexity index is 366. The smallest absolute Gasteiger partial charge is 0.0543 e. The number of hydrogen-bond donors (Lipinski definition) is 1. The van der Waals surface area contributed by atoms with Crippen LogP contribution in [0, 0.1) is 5.92 Å². The Hall–Kier alpha value is -0.930. The van der Waals surface area contributed by atoms with E-state index in [-0.39, 0.29) is 0 Å². The second-order valence-corrected chi connectivity index (χ2v) is 5.90. The largest absolute Gasteiger partial charge is 0.314 e. The third-order valence-electron chi connectivity index (χ3n) is 4.37. The van der Waals surface area contributed by atoms with Crippen LogP contribution in [0.3, 0.4) is 0 Å². The van der Waals surface area contributed by atoms with E-state index in [2.05, 4.69) is 41.2 Å². The van der Waals surface area contributed by atoms with Crippen LogP contribution < -0.4 is 5.32 Å². The molecule has 3 nitrogen and oxygen atoms in total. The van der Waals surface area contributed by atoms with Gasteiger partial charge in [-0.15, -0.1) is 0 Å². The third kappa shape index (κ3) is 4.57. The molecule has 3 heteroatoms. The zero-order chi connectivity index (χ0) is 14.2. The lowest BCUT2D eigenvalue weighted by atomic mass is 10.0. The fraction of sp³-hybridized carbons (Fsp3) is 0.706. The van der Waals surface area contributed by atoms with Gasteiger partial charge in [-0.1, -0.05) is 26.3 Å². The molecule has 2 unspecified atom stereocenters. The van der Waals surface area contributed by atoms with Crippen molar-refractivity contribution in [1.82, 2.24) is 15.2 Å². The van der Waals surface area contributed by atoms with Gasteiger partial charge in [-0.3, -0.25) is 9.88 Å². The molecule has 1 aromatic rings. The highest BCUT2D eigenvalue weighted by Crippen LogP contribution is 2.26. The molecular formula is C17H29N3. The van der Waals surface area contributed by atoms with E-state index < -0.39 is 0 Å². The molecule has 0 amide bonds. The fourth-order valence-electron chi connectivity index (χ4n) is 3.21. The number of aromatic nitrogens is 1. The normalized spacial score (nSPS) is 22.6. The van der Waals surface area contributed by atoms with Crippen LogP contribution in [0.15, 0.2) is 24.4 Å². The molecule has 1 aliphatic carbocycles. The number of nitrogens with one attached hydrogen (secondary N) is 1. The lowest BCUT2D eigenvalue weighted by molar-refractivity contribution is 0.213. The predicted octanol–water partition coefficient (Wildman–Crippen LogP) is 3.07. The molecule has 1 aromatic heterocycles. The highest BCUT2D eigenvalue weighted by atomic mass is 15.1. The van der Waals surface area contributed by atoms with Gasteiger partial charge in [0.05, 0.1) is 5.69 Å². The van der Waals surface area contributed by atoms with E-state index in [0.717, 1.165) is 31.6 Å². The molecule has 0 saturated heterocycles. The van der Waals surface area contributed by atoms with Gasteiger partial charge >= 0.3 is 0 Å². The molecule has 1 N–H and O–H groups in total. The second-order valence-electron chi connectivity index (χ2n) is 5.90. The van der Waals surface area contributed by atoms with Crippen LogP contribution >= 0.6 is 0 Å². The van der Waals surface area contributed by atoms with Gasteiger partial charge in [0.2, 0.25) is 0 Å². The minimum atomic E-state index is 0.729. The summed E-state index contributed by atoms with van der Waals surface area (Å²) in [6.07, 6.45) is 7.23. The average Bonchev–Trinajstić information content (AvgIpc) is 2.92. The zero-order valence-corrected chi connectivity index (χ0v) is 13.0. The molecule has 1 fully saturated rings. The van der Waals surface area contributed by atoms with Crippen molar-refractivity contribution in [1.29, 1.82) is 0 Å². The van der Waals surface area contributed by atoms with Crippen molar-refractivity contribution in [3.8, 4) is 0 Å². The molecule has 0 spiro atoms. The van der Waals surface area contributed by atoms with Crippen molar-refractivity contribution < 1.29 is 0 Å². The van der Waals surface area contributed by atoms with E-state index in [4.69, 9.17) is 0 Å². The molecule has 2 atom stereocenters. The maximum absolute atomic E-state index is 4.45. The molecule has 0 bridgehead atoms. The molecule has 0 radical (unpaired) electrons. The van der Waals surface area contributed by atoms with Gasteiger partial charge < -0.3 is 5.32 Å². The number of nitrogens with zero attached hydrogens (tertiary/aromatic N) is 2. The highest BCUT2D eigenvalue weighted by molar-refractivity contribution is 5.03. The summed E-state index contributed by atoms with van der Waals surface area (Å²) in [4.78, 5) is 6.99. The van der Waals surface area contributed by atoms with Crippen molar-refractivity contribution >= 4 is 0 Å². The zero-order valence-electron chi connectivity index (χ0n) is 13.0. The summed E-state index contributed by atoms with van der Waals surface area (Å²) in [5.74, 6) is 0.810. The summed E-state index contributed by atoms with van der Waals surface area (Å²) < 4.78 is 0.